The summed E-state index contributed by atoms with van der Waals surface area (Å²) in [5.41, 5.74) is 9.84. The van der Waals surface area contributed by atoms with Crippen molar-refractivity contribution in [2.45, 2.75) is 44.9 Å². The number of hydrogen-bond donors (Lipinski definition) is 7. The Kier molecular flexibility index (Phi) is 13.0. The third-order valence-corrected chi connectivity index (χ3v) is 3.12. The Labute approximate surface area is 134 Å². The largest absolute Gasteiger partial charge is 0.480 e. The lowest BCUT2D eigenvalue weighted by atomic mass is 10.0. The lowest BCUT2D eigenvalue weighted by Gasteiger charge is -2.11. The lowest BCUT2D eigenvalue weighted by molar-refractivity contribution is -0.140. The highest BCUT2D eigenvalue weighted by molar-refractivity contribution is 5.74. The fourth-order valence-electron chi connectivity index (χ4n) is 1.40. The molecule has 2 unspecified atom stereocenters. The van der Waals surface area contributed by atoms with Crippen LogP contribution in [0.15, 0.2) is 0 Å². The SMILES string of the molecule is CCC(C)C(N)C(=O)O.NCC(=O)O.O=C(O)[C@@H]1C[C@@H](O)CN1. The van der Waals surface area contributed by atoms with Gasteiger partial charge in [-0.3, -0.25) is 14.4 Å². The van der Waals surface area contributed by atoms with Gasteiger partial charge in [-0.2, -0.15) is 0 Å². The number of aliphatic carboxylic acids is 3. The van der Waals surface area contributed by atoms with Crippen LogP contribution in [0, 0.1) is 5.92 Å². The predicted molar refractivity (Wildman–Crippen MR) is 81.8 cm³/mol. The van der Waals surface area contributed by atoms with Crippen molar-refractivity contribution < 1.29 is 34.8 Å². The van der Waals surface area contributed by atoms with Crippen LogP contribution in [0.25, 0.3) is 0 Å². The quantitative estimate of drug-likeness (QED) is 0.302. The zero-order valence-corrected chi connectivity index (χ0v) is 13.3. The van der Waals surface area contributed by atoms with Gasteiger partial charge < -0.3 is 37.2 Å². The zero-order valence-electron chi connectivity index (χ0n) is 13.3. The van der Waals surface area contributed by atoms with Crippen LogP contribution in [-0.2, 0) is 14.4 Å². The molecule has 136 valence electrons. The Hall–Kier alpha value is -1.75. The van der Waals surface area contributed by atoms with E-state index < -0.39 is 36.1 Å². The van der Waals surface area contributed by atoms with Crippen LogP contribution in [0.3, 0.4) is 0 Å². The van der Waals surface area contributed by atoms with E-state index in [1.807, 2.05) is 13.8 Å². The average molecular weight is 337 g/mol. The smallest absolute Gasteiger partial charge is 0.320 e. The molecular formula is C13H27N3O7. The van der Waals surface area contributed by atoms with Crippen LogP contribution in [0.1, 0.15) is 26.7 Å². The van der Waals surface area contributed by atoms with Gasteiger partial charge in [0.2, 0.25) is 0 Å². The Morgan fingerprint density at radius 1 is 1.26 bits per heavy atom. The van der Waals surface area contributed by atoms with E-state index in [1.54, 1.807) is 0 Å². The van der Waals surface area contributed by atoms with E-state index in [0.29, 0.717) is 13.0 Å². The number of nitrogens with one attached hydrogen (secondary N) is 1. The van der Waals surface area contributed by atoms with Gasteiger partial charge in [-0.1, -0.05) is 20.3 Å². The fraction of sp³-hybridized carbons (Fsp3) is 0.769. The molecule has 10 nitrogen and oxygen atoms in total. The summed E-state index contributed by atoms with van der Waals surface area (Å²) in [6.45, 7) is 3.88. The van der Waals surface area contributed by atoms with Gasteiger partial charge in [-0.05, 0) is 5.92 Å². The first-order chi connectivity index (χ1) is 10.6. The second kappa shape index (κ2) is 12.8. The summed E-state index contributed by atoms with van der Waals surface area (Å²) in [6, 6.07) is -1.24. The second-order valence-corrected chi connectivity index (χ2v) is 5.04. The molecule has 0 spiro atoms. The molecule has 0 aromatic heterocycles. The van der Waals surface area contributed by atoms with Crippen LogP contribution in [0.4, 0.5) is 0 Å². The number of hydrogen-bond acceptors (Lipinski definition) is 7. The first-order valence-corrected chi connectivity index (χ1v) is 7.11. The van der Waals surface area contributed by atoms with Crippen LogP contribution in [0.2, 0.25) is 0 Å². The number of carboxylic acid groups (broad SMARTS) is 3. The van der Waals surface area contributed by atoms with Gasteiger partial charge in [0.15, 0.2) is 0 Å². The molecule has 1 rings (SSSR count). The molecule has 0 aromatic carbocycles. The molecule has 10 heteroatoms. The van der Waals surface area contributed by atoms with E-state index in [1.165, 1.54) is 0 Å². The molecule has 4 atom stereocenters. The number of carboxylic acids is 3. The summed E-state index contributed by atoms with van der Waals surface area (Å²) in [4.78, 5) is 29.6. The monoisotopic (exact) mass is 337 g/mol. The first-order valence-electron chi connectivity index (χ1n) is 7.11. The summed E-state index contributed by atoms with van der Waals surface area (Å²) in [7, 11) is 0. The molecule has 1 aliphatic rings. The van der Waals surface area contributed by atoms with Crippen molar-refractivity contribution >= 4 is 17.9 Å². The van der Waals surface area contributed by atoms with Crippen LogP contribution in [0.5, 0.6) is 0 Å². The molecule has 9 N–H and O–H groups in total. The van der Waals surface area contributed by atoms with Crippen molar-refractivity contribution in [3.8, 4) is 0 Å². The van der Waals surface area contributed by atoms with E-state index in [2.05, 4.69) is 11.1 Å². The number of rotatable bonds is 5. The Bertz CT molecular complexity index is 367. The summed E-state index contributed by atoms with van der Waals surface area (Å²) < 4.78 is 0. The minimum absolute atomic E-state index is 0.0718. The maximum Gasteiger partial charge on any atom is 0.320 e. The van der Waals surface area contributed by atoms with Crippen molar-refractivity contribution in [3.63, 3.8) is 0 Å². The van der Waals surface area contributed by atoms with Gasteiger partial charge >= 0.3 is 17.9 Å². The third-order valence-electron chi connectivity index (χ3n) is 3.12. The van der Waals surface area contributed by atoms with Crippen molar-refractivity contribution in [1.82, 2.24) is 5.32 Å². The number of β-amino-alcohol motifs (C(OH)–C–C–N with tert-alkyl or cyclic N) is 1. The molecule has 0 bridgehead atoms. The summed E-state index contributed by atoms with van der Waals surface area (Å²) in [6.07, 6.45) is 0.661. The number of nitrogens with two attached hydrogens (primary N) is 2. The fourth-order valence-corrected chi connectivity index (χ4v) is 1.40. The van der Waals surface area contributed by atoms with Crippen molar-refractivity contribution in [2.75, 3.05) is 13.1 Å². The van der Waals surface area contributed by atoms with E-state index in [-0.39, 0.29) is 12.5 Å². The van der Waals surface area contributed by atoms with Crippen LogP contribution >= 0.6 is 0 Å². The molecule has 23 heavy (non-hydrogen) atoms. The van der Waals surface area contributed by atoms with E-state index in [4.69, 9.17) is 26.2 Å². The Morgan fingerprint density at radius 3 is 1.87 bits per heavy atom. The topological polar surface area (TPSA) is 196 Å². The Morgan fingerprint density at radius 2 is 1.74 bits per heavy atom. The molecule has 0 aromatic rings. The number of aliphatic hydroxyl groups is 1. The van der Waals surface area contributed by atoms with E-state index in [9.17, 15) is 14.4 Å². The molecular weight excluding hydrogens is 310 g/mol. The molecule has 1 heterocycles. The van der Waals surface area contributed by atoms with Gasteiger partial charge in [0, 0.05) is 13.0 Å². The van der Waals surface area contributed by atoms with E-state index >= 15 is 0 Å². The maximum absolute atomic E-state index is 10.2. The van der Waals surface area contributed by atoms with Crippen molar-refractivity contribution in [2.24, 2.45) is 17.4 Å². The van der Waals surface area contributed by atoms with Crippen molar-refractivity contribution in [3.05, 3.63) is 0 Å². The zero-order chi connectivity index (χ0) is 18.6. The minimum Gasteiger partial charge on any atom is -0.480 e. The summed E-state index contributed by atoms with van der Waals surface area (Å²) in [5, 5.41) is 35.8. The lowest BCUT2D eigenvalue weighted by Crippen LogP contribution is -2.36. The standard InChI is InChI=1S/C6H13NO2.C5H9NO3.C2H5NO2/c1-3-4(2)5(7)6(8)9;7-3-1-4(5(8)9)6-2-3;3-1-2(4)5/h4-5H,3,7H2,1-2H3,(H,8,9);3-4,6-7H,1-2H2,(H,8,9);1,3H2,(H,4,5)/t;3-,4+;/m.1./s1. The van der Waals surface area contributed by atoms with Gasteiger partial charge in [0.25, 0.3) is 0 Å². The van der Waals surface area contributed by atoms with Gasteiger partial charge in [-0.15, -0.1) is 0 Å². The maximum atomic E-state index is 10.2. The number of carbonyl (C=O) groups is 3. The molecule has 0 amide bonds. The van der Waals surface area contributed by atoms with Gasteiger partial charge in [0.05, 0.1) is 12.6 Å². The highest BCUT2D eigenvalue weighted by atomic mass is 16.4. The first kappa shape index (κ1) is 23.5. The minimum atomic E-state index is -0.968. The predicted octanol–water partition coefficient (Wildman–Crippen LogP) is -1.73. The van der Waals surface area contributed by atoms with Gasteiger partial charge in [-0.25, -0.2) is 0 Å². The highest BCUT2D eigenvalue weighted by Gasteiger charge is 2.27. The molecule has 0 radical (unpaired) electrons. The Balaban J connectivity index is 0. The van der Waals surface area contributed by atoms with E-state index in [0.717, 1.165) is 6.42 Å². The molecule has 1 aliphatic heterocycles. The van der Waals surface area contributed by atoms with Crippen molar-refractivity contribution in [1.29, 1.82) is 0 Å². The second-order valence-electron chi connectivity index (χ2n) is 5.04. The molecule has 0 saturated carbocycles. The summed E-state index contributed by atoms with van der Waals surface area (Å²) in [5.74, 6) is -2.69. The summed E-state index contributed by atoms with van der Waals surface area (Å²) >= 11 is 0. The molecule has 1 saturated heterocycles. The third kappa shape index (κ3) is 12.5. The molecule has 1 fully saturated rings. The van der Waals surface area contributed by atoms with Crippen LogP contribution in [-0.4, -0.2) is 69.6 Å². The average Bonchev–Trinajstić information content (AvgIpc) is 2.93. The highest BCUT2D eigenvalue weighted by Crippen LogP contribution is 2.05. The number of aliphatic hydroxyl groups excluding tert-OH is 1. The van der Waals surface area contributed by atoms with Crippen LogP contribution < -0.4 is 16.8 Å². The molecule has 0 aliphatic carbocycles. The normalized spacial score (nSPS) is 21.8. The van der Waals surface area contributed by atoms with Gasteiger partial charge in [0.1, 0.15) is 12.1 Å².